The molecule has 0 saturated heterocycles. The Morgan fingerprint density at radius 2 is 2.04 bits per heavy atom. The maximum absolute atomic E-state index is 12.5. The molecule has 0 fully saturated rings. The van der Waals surface area contributed by atoms with Crippen molar-refractivity contribution in [1.82, 2.24) is 0 Å². The van der Waals surface area contributed by atoms with E-state index in [0.29, 0.717) is 22.7 Å². The molecule has 7 heteroatoms. The second kappa shape index (κ2) is 7.04. The van der Waals surface area contributed by atoms with Crippen LogP contribution >= 0.6 is 0 Å². The van der Waals surface area contributed by atoms with E-state index in [9.17, 15) is 14.4 Å². The number of esters is 1. The highest BCUT2D eigenvalue weighted by atomic mass is 16.5. The molecule has 0 aliphatic carbocycles. The molecule has 0 spiro atoms. The highest BCUT2D eigenvalue weighted by Crippen LogP contribution is 2.29. The Hall–Kier alpha value is -3.35. The van der Waals surface area contributed by atoms with Crippen LogP contribution in [0.3, 0.4) is 0 Å². The second-order valence-electron chi connectivity index (χ2n) is 5.27. The number of carbonyl (C=O) groups is 3. The molecule has 0 aromatic heterocycles. The first-order chi connectivity index (χ1) is 12.1. The third kappa shape index (κ3) is 3.60. The first-order valence-corrected chi connectivity index (χ1v) is 7.72. The largest absolute Gasteiger partial charge is 0.482 e. The number of fused-ring (bicyclic) bond motifs is 1. The Kier molecular flexibility index (Phi) is 4.65. The molecule has 3 rings (SSSR count). The smallest absolute Gasteiger partial charge is 0.340 e. The van der Waals surface area contributed by atoms with Crippen molar-refractivity contribution in [1.29, 1.82) is 0 Å². The Bertz CT molecular complexity index is 847. The topological polar surface area (TPSA) is 93.7 Å². The van der Waals surface area contributed by atoms with Crippen molar-refractivity contribution in [3.05, 3.63) is 53.6 Å². The fourth-order valence-corrected chi connectivity index (χ4v) is 2.40. The Labute approximate surface area is 143 Å². The van der Waals surface area contributed by atoms with Gasteiger partial charge in [-0.3, -0.25) is 9.59 Å². The molecule has 0 bridgehead atoms. The van der Waals surface area contributed by atoms with Crippen LogP contribution in [0, 0.1) is 0 Å². The number of anilines is 2. The molecular formula is C18H16N2O5. The zero-order valence-electron chi connectivity index (χ0n) is 13.5. The Morgan fingerprint density at radius 3 is 2.84 bits per heavy atom. The molecule has 0 unspecified atom stereocenters. The highest BCUT2D eigenvalue weighted by molar-refractivity contribution is 6.09. The minimum absolute atomic E-state index is 0.0501. The number of rotatable bonds is 4. The fourth-order valence-electron chi connectivity index (χ4n) is 2.40. The van der Waals surface area contributed by atoms with Gasteiger partial charge in [0.15, 0.2) is 6.61 Å². The summed E-state index contributed by atoms with van der Waals surface area (Å²) >= 11 is 0. The van der Waals surface area contributed by atoms with Gasteiger partial charge in [-0.2, -0.15) is 0 Å². The molecule has 2 aromatic carbocycles. The number of para-hydroxylation sites is 1. The van der Waals surface area contributed by atoms with Crippen LogP contribution in [0.2, 0.25) is 0 Å². The zero-order valence-corrected chi connectivity index (χ0v) is 13.5. The lowest BCUT2D eigenvalue weighted by Gasteiger charge is -2.18. The van der Waals surface area contributed by atoms with Crippen LogP contribution in [0.25, 0.3) is 0 Å². The van der Waals surface area contributed by atoms with Crippen LogP contribution in [0.4, 0.5) is 11.4 Å². The predicted molar refractivity (Wildman–Crippen MR) is 90.9 cm³/mol. The maximum atomic E-state index is 12.5. The van der Waals surface area contributed by atoms with Crippen molar-refractivity contribution in [2.75, 3.05) is 23.8 Å². The fraction of sp³-hybridized carbons (Fsp3) is 0.167. The van der Waals surface area contributed by atoms with E-state index in [2.05, 4.69) is 10.6 Å². The number of amides is 2. The molecule has 1 heterocycles. The predicted octanol–water partition coefficient (Wildman–Crippen LogP) is 2.45. The SMILES string of the molecule is CCOC(=O)c1ccccc1NC(=O)c1ccc2c(c1)NC(=O)CO2. The summed E-state index contributed by atoms with van der Waals surface area (Å²) in [5, 5.41) is 5.34. The van der Waals surface area contributed by atoms with E-state index in [4.69, 9.17) is 9.47 Å². The molecule has 2 amide bonds. The lowest BCUT2D eigenvalue weighted by atomic mass is 10.1. The quantitative estimate of drug-likeness (QED) is 0.834. The first-order valence-electron chi connectivity index (χ1n) is 7.72. The van der Waals surface area contributed by atoms with Gasteiger partial charge in [0.05, 0.1) is 23.5 Å². The summed E-state index contributed by atoms with van der Waals surface area (Å²) in [5.41, 5.74) is 1.38. The summed E-state index contributed by atoms with van der Waals surface area (Å²) in [4.78, 5) is 35.9. The van der Waals surface area contributed by atoms with Crippen LogP contribution in [-0.4, -0.2) is 31.0 Å². The van der Waals surface area contributed by atoms with Crippen LogP contribution in [0.1, 0.15) is 27.6 Å². The van der Waals surface area contributed by atoms with Crippen molar-refractivity contribution in [3.8, 4) is 5.75 Å². The number of ether oxygens (including phenoxy) is 2. The molecule has 2 N–H and O–H groups in total. The Balaban J connectivity index is 1.83. The molecule has 25 heavy (non-hydrogen) atoms. The summed E-state index contributed by atoms with van der Waals surface area (Å²) in [6.45, 7) is 1.90. The van der Waals surface area contributed by atoms with Crippen molar-refractivity contribution in [2.24, 2.45) is 0 Å². The summed E-state index contributed by atoms with van der Waals surface area (Å²) in [6.07, 6.45) is 0. The summed E-state index contributed by atoms with van der Waals surface area (Å²) in [6, 6.07) is 11.3. The average molecular weight is 340 g/mol. The zero-order chi connectivity index (χ0) is 17.8. The van der Waals surface area contributed by atoms with Gasteiger partial charge in [0.25, 0.3) is 11.8 Å². The number of hydrogen-bond donors (Lipinski definition) is 2. The lowest BCUT2D eigenvalue weighted by molar-refractivity contribution is -0.118. The molecule has 1 aliphatic heterocycles. The van der Waals surface area contributed by atoms with E-state index in [1.807, 2.05) is 0 Å². The highest BCUT2D eigenvalue weighted by Gasteiger charge is 2.19. The number of benzene rings is 2. The van der Waals surface area contributed by atoms with E-state index in [0.717, 1.165) is 0 Å². The summed E-state index contributed by atoms with van der Waals surface area (Å²) in [5.74, 6) is -0.704. The first kappa shape index (κ1) is 16.5. The van der Waals surface area contributed by atoms with Crippen LogP contribution in [0.15, 0.2) is 42.5 Å². The molecule has 7 nitrogen and oxygen atoms in total. The van der Waals surface area contributed by atoms with E-state index in [1.54, 1.807) is 43.3 Å². The van der Waals surface area contributed by atoms with Crippen LogP contribution in [0.5, 0.6) is 5.75 Å². The molecule has 2 aromatic rings. The van der Waals surface area contributed by atoms with E-state index >= 15 is 0 Å². The molecule has 0 saturated carbocycles. The van der Waals surface area contributed by atoms with E-state index in [-0.39, 0.29) is 24.7 Å². The molecule has 1 aliphatic rings. The lowest BCUT2D eigenvalue weighted by Crippen LogP contribution is -2.25. The second-order valence-corrected chi connectivity index (χ2v) is 5.27. The van der Waals surface area contributed by atoms with Gasteiger partial charge in [0.1, 0.15) is 5.75 Å². The molecule has 0 radical (unpaired) electrons. The normalized spacial score (nSPS) is 12.4. The van der Waals surface area contributed by atoms with Gasteiger partial charge in [-0.1, -0.05) is 12.1 Å². The van der Waals surface area contributed by atoms with Gasteiger partial charge in [0, 0.05) is 5.56 Å². The average Bonchev–Trinajstić information content (AvgIpc) is 2.61. The standard InChI is InChI=1S/C18H16N2O5/c1-2-24-18(23)12-5-3-4-6-13(12)20-17(22)11-7-8-15-14(9-11)19-16(21)10-25-15/h3-9H,2,10H2,1H3,(H,19,21)(H,20,22). The summed E-state index contributed by atoms with van der Waals surface area (Å²) < 4.78 is 10.2. The van der Waals surface area contributed by atoms with Crippen LogP contribution < -0.4 is 15.4 Å². The summed E-state index contributed by atoms with van der Waals surface area (Å²) in [7, 11) is 0. The minimum Gasteiger partial charge on any atom is -0.482 e. The van der Waals surface area contributed by atoms with E-state index in [1.165, 1.54) is 6.07 Å². The van der Waals surface area contributed by atoms with Gasteiger partial charge >= 0.3 is 5.97 Å². The molecule has 128 valence electrons. The van der Waals surface area contributed by atoms with Gasteiger partial charge < -0.3 is 20.1 Å². The minimum atomic E-state index is -0.510. The van der Waals surface area contributed by atoms with Gasteiger partial charge in [0.2, 0.25) is 0 Å². The third-order valence-corrected chi connectivity index (χ3v) is 3.55. The van der Waals surface area contributed by atoms with Crippen molar-refractivity contribution < 1.29 is 23.9 Å². The van der Waals surface area contributed by atoms with Gasteiger partial charge in [-0.25, -0.2) is 4.79 Å². The van der Waals surface area contributed by atoms with Gasteiger partial charge in [-0.05, 0) is 37.3 Å². The van der Waals surface area contributed by atoms with Crippen LogP contribution in [-0.2, 0) is 9.53 Å². The van der Waals surface area contributed by atoms with E-state index < -0.39 is 11.9 Å². The molecule has 0 atom stereocenters. The number of hydrogen-bond acceptors (Lipinski definition) is 5. The van der Waals surface area contributed by atoms with Crippen molar-refractivity contribution in [3.63, 3.8) is 0 Å². The van der Waals surface area contributed by atoms with Crippen molar-refractivity contribution in [2.45, 2.75) is 6.92 Å². The Morgan fingerprint density at radius 1 is 1.24 bits per heavy atom. The monoisotopic (exact) mass is 340 g/mol. The number of nitrogens with one attached hydrogen (secondary N) is 2. The van der Waals surface area contributed by atoms with Crippen molar-refractivity contribution >= 4 is 29.2 Å². The maximum Gasteiger partial charge on any atom is 0.340 e. The number of carbonyl (C=O) groups excluding carboxylic acids is 3. The third-order valence-electron chi connectivity index (χ3n) is 3.55. The van der Waals surface area contributed by atoms with Gasteiger partial charge in [-0.15, -0.1) is 0 Å². The molecular weight excluding hydrogens is 324 g/mol.